The molecule has 0 bridgehead atoms. The van der Waals surface area contributed by atoms with Gasteiger partial charge in [0.25, 0.3) is 0 Å². The lowest BCUT2D eigenvalue weighted by Gasteiger charge is -2.12. The van der Waals surface area contributed by atoms with Gasteiger partial charge in [0.05, 0.1) is 53.4 Å². The van der Waals surface area contributed by atoms with Crippen LogP contribution in [0.1, 0.15) is 11.3 Å². The zero-order valence-electron chi connectivity index (χ0n) is 24.4. The third-order valence-corrected chi connectivity index (χ3v) is 6.72. The number of nitrogens with zero attached hydrogens (tertiary/aromatic N) is 1. The van der Waals surface area contributed by atoms with Crippen molar-refractivity contribution in [1.82, 2.24) is 0 Å². The Hall–Kier alpha value is -4.78. The Balaban J connectivity index is 0.000000782. The molecule has 2 N–H and O–H groups in total. The molecule has 0 saturated heterocycles. The van der Waals surface area contributed by atoms with E-state index in [9.17, 15) is 0 Å². The van der Waals surface area contributed by atoms with Gasteiger partial charge in [-0.2, -0.15) is 12.8 Å². The number of pyridine rings is 2. The van der Waals surface area contributed by atoms with Crippen LogP contribution in [-0.2, 0) is 10.4 Å². The summed E-state index contributed by atoms with van der Waals surface area (Å²) in [6.45, 7) is 0. The first-order valence-corrected chi connectivity index (χ1v) is 14.1. The van der Waals surface area contributed by atoms with Crippen LogP contribution in [0.5, 0.6) is 34.5 Å². The van der Waals surface area contributed by atoms with Crippen molar-refractivity contribution in [2.24, 2.45) is 0 Å². The molecule has 0 radical (unpaired) electrons. The normalized spacial score (nSPS) is 11.3. The number of aromatic nitrogens is 1. The maximum Gasteiger partial charge on any atom is 0.394 e. The topological polar surface area (TPSA) is 134 Å². The fourth-order valence-electron chi connectivity index (χ4n) is 4.79. The maximum absolute atomic E-state index is 8.74. The van der Waals surface area contributed by atoms with Crippen molar-refractivity contribution in [2.75, 3.05) is 42.7 Å². The zero-order valence-corrected chi connectivity index (χ0v) is 25.3. The van der Waals surface area contributed by atoms with E-state index >= 15 is 0 Å². The van der Waals surface area contributed by atoms with E-state index in [4.69, 9.17) is 45.9 Å². The molecule has 2 heterocycles. The fraction of sp³-hybridized carbons (Fsp3) is 0.194. The van der Waals surface area contributed by atoms with Gasteiger partial charge in [-0.3, -0.25) is 9.11 Å². The van der Waals surface area contributed by atoms with Crippen molar-refractivity contribution in [1.29, 1.82) is 0 Å². The summed E-state index contributed by atoms with van der Waals surface area (Å²) in [7, 11) is 5.17. The molecule has 0 saturated carbocycles. The van der Waals surface area contributed by atoms with Gasteiger partial charge in [0.1, 0.15) is 0 Å². The Kier molecular flexibility index (Phi) is 9.44. The molecule has 0 aliphatic rings. The molecule has 0 aliphatic carbocycles. The average Bonchev–Trinajstić information content (AvgIpc) is 3.00. The monoisotopic (exact) mass is 610 g/mol. The molecule has 226 valence electrons. The minimum Gasteiger partial charge on any atom is -0.493 e. The third kappa shape index (κ3) is 6.83. The van der Waals surface area contributed by atoms with Crippen molar-refractivity contribution < 1.29 is 50.3 Å². The Bertz CT molecular complexity index is 1930. The van der Waals surface area contributed by atoms with Gasteiger partial charge in [0.2, 0.25) is 11.2 Å². The molecule has 5 aromatic rings. The summed E-state index contributed by atoms with van der Waals surface area (Å²) in [6.07, 6.45) is 6.21. The first-order chi connectivity index (χ1) is 20.5. The summed E-state index contributed by atoms with van der Waals surface area (Å²) in [5.41, 5.74) is 2.96. The highest BCUT2D eigenvalue weighted by Crippen LogP contribution is 2.37. The summed E-state index contributed by atoms with van der Waals surface area (Å²) in [6, 6.07) is 18.1. The van der Waals surface area contributed by atoms with Crippen LogP contribution in [0, 0.1) is 0 Å². The first-order valence-electron chi connectivity index (χ1n) is 12.7. The highest BCUT2D eigenvalue weighted by molar-refractivity contribution is 7.79. The average molecular weight is 611 g/mol. The van der Waals surface area contributed by atoms with Crippen LogP contribution in [0.2, 0.25) is 0 Å². The van der Waals surface area contributed by atoms with Crippen LogP contribution in [0.3, 0.4) is 0 Å². The molecular weight excluding hydrogens is 578 g/mol. The Morgan fingerprint density at radius 3 is 1.63 bits per heavy atom. The minimum absolute atomic E-state index is 0.660. The van der Waals surface area contributed by atoms with E-state index < -0.39 is 10.4 Å². The van der Waals surface area contributed by atoms with Crippen molar-refractivity contribution in [3.05, 3.63) is 72.1 Å². The quantitative estimate of drug-likeness (QED) is 0.103. The fourth-order valence-corrected chi connectivity index (χ4v) is 4.79. The lowest BCUT2D eigenvalue weighted by molar-refractivity contribution is -0.511. The molecule has 43 heavy (non-hydrogen) atoms. The summed E-state index contributed by atoms with van der Waals surface area (Å²) in [4.78, 5) is 0. The number of rotatable bonds is 8. The van der Waals surface area contributed by atoms with Gasteiger partial charge in [-0.15, -0.1) is 0 Å². The van der Waals surface area contributed by atoms with Crippen LogP contribution in [0.15, 0.2) is 60.8 Å². The molecule has 3 aromatic carbocycles. The van der Waals surface area contributed by atoms with Crippen LogP contribution in [0.4, 0.5) is 0 Å². The molecule has 5 rings (SSSR count). The smallest absolute Gasteiger partial charge is 0.394 e. The van der Waals surface area contributed by atoms with Crippen LogP contribution >= 0.6 is 0 Å². The van der Waals surface area contributed by atoms with E-state index in [1.807, 2.05) is 42.5 Å². The van der Waals surface area contributed by atoms with Crippen LogP contribution in [-0.4, -0.2) is 60.2 Å². The Morgan fingerprint density at radius 2 is 1.07 bits per heavy atom. The molecule has 0 atom stereocenters. The molecule has 12 heteroatoms. The van der Waals surface area contributed by atoms with Gasteiger partial charge in [0.15, 0.2) is 40.7 Å². The van der Waals surface area contributed by atoms with E-state index in [-0.39, 0.29) is 0 Å². The van der Waals surface area contributed by atoms with Crippen molar-refractivity contribution in [3.63, 3.8) is 0 Å². The molecular formula is C31H32NO10S+. The Morgan fingerprint density at radius 1 is 0.581 bits per heavy atom. The van der Waals surface area contributed by atoms with Gasteiger partial charge in [-0.05, 0) is 58.8 Å². The number of ether oxygens (including phenoxy) is 6. The highest BCUT2D eigenvalue weighted by atomic mass is 32.3. The van der Waals surface area contributed by atoms with Crippen LogP contribution < -0.4 is 32.8 Å². The molecule has 0 amide bonds. The lowest BCUT2D eigenvalue weighted by Crippen LogP contribution is -2.26. The summed E-state index contributed by atoms with van der Waals surface area (Å²) >= 11 is 0. The molecule has 11 nitrogen and oxygen atoms in total. The maximum atomic E-state index is 8.74. The Labute approximate surface area is 249 Å². The van der Waals surface area contributed by atoms with Crippen molar-refractivity contribution in [2.45, 2.75) is 0 Å². The standard InChI is InChI=1S/C31H30NO6.H2O4S/c1-33-26-10-8-19(13-27(26)34-2)7-9-24-23-18-31(38-6)29(36-4)16-21(23)14-25-22-17-30(37-5)28(35-3)15-20(22)11-12-32(24)25;1-5(2,3)4/h7-18H,1-6H3;(H2,1,2,3,4)/q+1;/b9-7+;. The van der Waals surface area contributed by atoms with Crippen LogP contribution in [0.25, 0.3) is 39.2 Å². The zero-order chi connectivity index (χ0) is 31.3. The summed E-state index contributed by atoms with van der Waals surface area (Å²) in [5.74, 6) is 4.03. The SMILES string of the molecule is COc1ccc(/C=C/c2c3cc(OC)c(OC)cc3cc3c4cc(OC)c(OC)cc4cc[n+]23)cc1OC.O=S(=O)(O)O. The summed E-state index contributed by atoms with van der Waals surface area (Å²) < 4.78 is 67.0. The molecule has 0 aliphatic heterocycles. The van der Waals surface area contributed by atoms with Gasteiger partial charge in [0, 0.05) is 18.2 Å². The molecule has 0 fully saturated rings. The van der Waals surface area contributed by atoms with Gasteiger partial charge in [-0.25, -0.2) is 0 Å². The number of fused-ring (bicyclic) bond motifs is 4. The number of hydrogen-bond donors (Lipinski definition) is 2. The summed E-state index contributed by atoms with van der Waals surface area (Å²) in [5, 5.41) is 4.09. The second-order valence-corrected chi connectivity index (χ2v) is 9.98. The second-order valence-electron chi connectivity index (χ2n) is 9.09. The second kappa shape index (κ2) is 13.0. The van der Waals surface area contributed by atoms with E-state index in [1.165, 1.54) is 0 Å². The number of benzene rings is 3. The lowest BCUT2D eigenvalue weighted by atomic mass is 10.0. The van der Waals surface area contributed by atoms with Gasteiger partial charge < -0.3 is 28.4 Å². The highest BCUT2D eigenvalue weighted by Gasteiger charge is 2.20. The third-order valence-electron chi connectivity index (χ3n) is 6.72. The van der Waals surface area contributed by atoms with E-state index in [0.717, 1.165) is 38.3 Å². The minimum atomic E-state index is -4.67. The van der Waals surface area contributed by atoms with Gasteiger partial charge in [-0.1, -0.05) is 6.07 Å². The predicted molar refractivity (Wildman–Crippen MR) is 163 cm³/mol. The molecule has 0 unspecified atom stereocenters. The van der Waals surface area contributed by atoms with Crippen molar-refractivity contribution in [3.8, 4) is 34.5 Å². The van der Waals surface area contributed by atoms with Gasteiger partial charge >= 0.3 is 10.4 Å². The van der Waals surface area contributed by atoms with E-state index in [1.54, 1.807) is 42.7 Å². The van der Waals surface area contributed by atoms with E-state index in [0.29, 0.717) is 34.5 Å². The van der Waals surface area contributed by atoms with E-state index in [2.05, 4.69) is 34.9 Å². The predicted octanol–water partition coefficient (Wildman–Crippen LogP) is 5.30. The number of hydrogen-bond acceptors (Lipinski definition) is 8. The number of methoxy groups -OCH3 is 6. The largest absolute Gasteiger partial charge is 0.493 e. The molecule has 0 spiro atoms. The molecule has 2 aromatic heterocycles. The van der Waals surface area contributed by atoms with Crippen molar-refractivity contribution >= 4 is 49.6 Å². The first kappa shape index (κ1) is 31.2.